The summed E-state index contributed by atoms with van der Waals surface area (Å²) in [4.78, 5) is 30.5. The Kier molecular flexibility index (Phi) is 4.54. The number of likely N-dealkylation sites (tertiary alicyclic amines) is 1. The molecule has 1 fully saturated rings. The van der Waals surface area contributed by atoms with E-state index in [2.05, 4.69) is 4.98 Å². The number of Topliss-reactive ketones (excluding diaryl/α,β-unsaturated/α-hetero) is 1. The predicted octanol–water partition coefficient (Wildman–Crippen LogP) is 3.28. The number of aryl methyl sites for hydroxylation is 1. The molecule has 1 aromatic rings. The molecule has 0 spiro atoms. The third-order valence-corrected chi connectivity index (χ3v) is 3.74. The van der Waals surface area contributed by atoms with Crippen LogP contribution in [0, 0.1) is 12.8 Å². The molecule has 0 radical (unpaired) electrons. The highest BCUT2D eigenvalue weighted by Gasteiger charge is 2.37. The highest BCUT2D eigenvalue weighted by molar-refractivity contribution is 5.84. The Hall–Kier alpha value is -1.91. The predicted molar refractivity (Wildman–Crippen MR) is 83.4 cm³/mol. The quantitative estimate of drug-likeness (QED) is 0.799. The van der Waals surface area contributed by atoms with Gasteiger partial charge >= 0.3 is 6.09 Å². The number of ketones is 1. The Bertz CT molecular complexity index is 560. The summed E-state index contributed by atoms with van der Waals surface area (Å²) in [5, 5.41) is 0. The Morgan fingerprint density at radius 1 is 1.36 bits per heavy atom. The second-order valence-electron chi connectivity index (χ2n) is 6.95. The lowest BCUT2D eigenvalue weighted by Crippen LogP contribution is -2.47. The second-order valence-corrected chi connectivity index (χ2v) is 6.95. The van der Waals surface area contributed by atoms with Gasteiger partial charge in [0.2, 0.25) is 0 Å². The third kappa shape index (κ3) is 3.84. The number of nitrogens with zero attached hydrogens (tertiary/aromatic N) is 2. The molecule has 2 heterocycles. The van der Waals surface area contributed by atoms with E-state index in [1.54, 1.807) is 11.1 Å². The summed E-state index contributed by atoms with van der Waals surface area (Å²) >= 11 is 0. The van der Waals surface area contributed by atoms with Gasteiger partial charge in [0.15, 0.2) is 0 Å². The highest BCUT2D eigenvalue weighted by Crippen LogP contribution is 2.32. The minimum Gasteiger partial charge on any atom is -0.444 e. The van der Waals surface area contributed by atoms with E-state index in [-0.39, 0.29) is 23.8 Å². The first-order chi connectivity index (χ1) is 10.2. The summed E-state index contributed by atoms with van der Waals surface area (Å²) < 4.78 is 5.49. The molecule has 0 N–H and O–H groups in total. The van der Waals surface area contributed by atoms with Crippen molar-refractivity contribution in [3.8, 4) is 0 Å². The summed E-state index contributed by atoms with van der Waals surface area (Å²) in [7, 11) is 0. The zero-order valence-corrected chi connectivity index (χ0v) is 13.9. The number of aromatic nitrogens is 1. The van der Waals surface area contributed by atoms with Crippen LogP contribution in [0.15, 0.2) is 18.3 Å². The maximum atomic E-state index is 12.5. The molecule has 1 unspecified atom stereocenters. The van der Waals surface area contributed by atoms with Gasteiger partial charge in [-0.25, -0.2) is 4.79 Å². The molecule has 1 aliphatic heterocycles. The molecule has 2 rings (SSSR count). The van der Waals surface area contributed by atoms with Crippen molar-refractivity contribution < 1.29 is 14.3 Å². The summed E-state index contributed by atoms with van der Waals surface area (Å²) in [6, 6.07) is 3.52. The van der Waals surface area contributed by atoms with E-state index in [9.17, 15) is 9.59 Å². The summed E-state index contributed by atoms with van der Waals surface area (Å²) in [6.45, 7) is 9.66. The van der Waals surface area contributed by atoms with Crippen molar-refractivity contribution in [2.75, 3.05) is 6.54 Å². The van der Waals surface area contributed by atoms with Crippen LogP contribution in [0.1, 0.15) is 51.4 Å². The molecule has 5 nitrogen and oxygen atoms in total. The normalized spacial score (nSPS) is 22.6. The standard InChI is InChI=1S/C17H24N2O3/c1-11-10-19(16(21)22-17(3,4)5)14(8-15(11)20)13-7-6-12(2)18-9-13/h6-7,9,11,14H,8,10H2,1-5H3/t11?,14-/m0/s1. The van der Waals surface area contributed by atoms with Crippen molar-refractivity contribution in [2.24, 2.45) is 5.92 Å². The zero-order valence-electron chi connectivity index (χ0n) is 13.9. The minimum absolute atomic E-state index is 0.165. The van der Waals surface area contributed by atoms with Gasteiger partial charge in [0.25, 0.3) is 0 Å². The largest absolute Gasteiger partial charge is 0.444 e. The summed E-state index contributed by atoms with van der Waals surface area (Å²) in [5.41, 5.74) is 1.22. The number of ether oxygens (including phenoxy) is 1. The fourth-order valence-electron chi connectivity index (χ4n) is 2.52. The van der Waals surface area contributed by atoms with E-state index >= 15 is 0 Å². The van der Waals surface area contributed by atoms with Crippen molar-refractivity contribution >= 4 is 11.9 Å². The smallest absolute Gasteiger partial charge is 0.410 e. The van der Waals surface area contributed by atoms with Gasteiger partial charge in [-0.1, -0.05) is 13.0 Å². The zero-order chi connectivity index (χ0) is 16.5. The fraction of sp³-hybridized carbons (Fsp3) is 0.588. The number of hydrogen-bond donors (Lipinski definition) is 0. The summed E-state index contributed by atoms with van der Waals surface area (Å²) in [6.07, 6.45) is 1.67. The van der Waals surface area contributed by atoms with Gasteiger partial charge in [0.05, 0.1) is 6.04 Å². The van der Waals surface area contributed by atoms with Crippen LogP contribution in [0.5, 0.6) is 0 Å². The number of pyridine rings is 1. The third-order valence-electron chi connectivity index (χ3n) is 3.74. The highest BCUT2D eigenvalue weighted by atomic mass is 16.6. The fourth-order valence-corrected chi connectivity index (χ4v) is 2.52. The average molecular weight is 304 g/mol. The van der Waals surface area contributed by atoms with Crippen molar-refractivity contribution in [1.29, 1.82) is 0 Å². The molecule has 0 saturated carbocycles. The van der Waals surface area contributed by atoms with Crippen molar-refractivity contribution in [2.45, 2.75) is 52.7 Å². The monoisotopic (exact) mass is 304 g/mol. The number of hydrogen-bond acceptors (Lipinski definition) is 4. The number of piperidine rings is 1. The molecule has 1 saturated heterocycles. The molecule has 0 aliphatic carbocycles. The SMILES string of the molecule is Cc1ccc([C@@H]2CC(=O)C(C)CN2C(=O)OC(C)(C)C)cn1. The lowest BCUT2D eigenvalue weighted by atomic mass is 9.89. The Labute approximate surface area is 131 Å². The number of carbonyl (C=O) groups excluding carboxylic acids is 2. The number of rotatable bonds is 1. The maximum absolute atomic E-state index is 12.5. The first-order valence-corrected chi connectivity index (χ1v) is 7.62. The number of carbonyl (C=O) groups is 2. The van der Waals surface area contributed by atoms with Crippen LogP contribution < -0.4 is 0 Å². The topological polar surface area (TPSA) is 59.5 Å². The number of amides is 1. The van der Waals surface area contributed by atoms with E-state index in [1.807, 2.05) is 46.8 Å². The molecular weight excluding hydrogens is 280 g/mol. The van der Waals surface area contributed by atoms with E-state index < -0.39 is 5.60 Å². The molecule has 2 atom stereocenters. The van der Waals surface area contributed by atoms with Crippen molar-refractivity contribution in [3.63, 3.8) is 0 Å². The van der Waals surface area contributed by atoms with Crippen LogP contribution >= 0.6 is 0 Å². The van der Waals surface area contributed by atoms with Crippen LogP contribution in [-0.4, -0.2) is 33.9 Å². The Balaban J connectivity index is 2.28. The van der Waals surface area contributed by atoms with Crippen LogP contribution in [0.4, 0.5) is 4.79 Å². The van der Waals surface area contributed by atoms with Gasteiger partial charge in [0, 0.05) is 30.8 Å². The van der Waals surface area contributed by atoms with Gasteiger partial charge < -0.3 is 4.74 Å². The lowest BCUT2D eigenvalue weighted by Gasteiger charge is -2.38. The van der Waals surface area contributed by atoms with Crippen LogP contribution in [0.25, 0.3) is 0 Å². The van der Waals surface area contributed by atoms with Crippen molar-refractivity contribution in [1.82, 2.24) is 9.88 Å². The first-order valence-electron chi connectivity index (χ1n) is 7.62. The van der Waals surface area contributed by atoms with Gasteiger partial charge in [-0.2, -0.15) is 0 Å². The van der Waals surface area contributed by atoms with Crippen LogP contribution in [0.2, 0.25) is 0 Å². The Morgan fingerprint density at radius 2 is 2.05 bits per heavy atom. The molecule has 1 amide bonds. The molecule has 0 aromatic carbocycles. The minimum atomic E-state index is -0.558. The maximum Gasteiger partial charge on any atom is 0.410 e. The molecule has 120 valence electrons. The van der Waals surface area contributed by atoms with Gasteiger partial charge in [-0.05, 0) is 39.3 Å². The average Bonchev–Trinajstić information content (AvgIpc) is 2.40. The molecule has 0 bridgehead atoms. The molecule has 5 heteroatoms. The molecule has 22 heavy (non-hydrogen) atoms. The summed E-state index contributed by atoms with van der Waals surface area (Å²) in [5.74, 6) is 0.00700. The van der Waals surface area contributed by atoms with Crippen molar-refractivity contribution in [3.05, 3.63) is 29.6 Å². The molecule has 1 aliphatic rings. The van der Waals surface area contributed by atoms with E-state index in [0.29, 0.717) is 13.0 Å². The van der Waals surface area contributed by atoms with E-state index in [4.69, 9.17) is 4.74 Å². The second kappa shape index (κ2) is 6.07. The molecular formula is C17H24N2O3. The lowest BCUT2D eigenvalue weighted by molar-refractivity contribution is -0.127. The van der Waals surface area contributed by atoms with E-state index in [1.165, 1.54) is 0 Å². The van der Waals surface area contributed by atoms with Gasteiger partial charge in [0.1, 0.15) is 11.4 Å². The van der Waals surface area contributed by atoms with Crippen LogP contribution in [-0.2, 0) is 9.53 Å². The first kappa shape index (κ1) is 16.5. The Morgan fingerprint density at radius 3 is 2.59 bits per heavy atom. The van der Waals surface area contributed by atoms with Crippen LogP contribution in [0.3, 0.4) is 0 Å². The van der Waals surface area contributed by atoms with Gasteiger partial charge in [-0.3, -0.25) is 14.7 Å². The van der Waals surface area contributed by atoms with Gasteiger partial charge in [-0.15, -0.1) is 0 Å². The molecule has 1 aromatic heterocycles. The van der Waals surface area contributed by atoms with E-state index in [0.717, 1.165) is 11.3 Å².